The third kappa shape index (κ3) is 4.16. The van der Waals surface area contributed by atoms with Gasteiger partial charge < -0.3 is 4.74 Å². The van der Waals surface area contributed by atoms with E-state index in [9.17, 15) is 21.2 Å². The van der Waals surface area contributed by atoms with Gasteiger partial charge in [0.15, 0.2) is 9.84 Å². The predicted octanol–water partition coefficient (Wildman–Crippen LogP) is 1.84. The van der Waals surface area contributed by atoms with Crippen LogP contribution in [0.4, 0.5) is 4.39 Å². The second-order valence-corrected chi connectivity index (χ2v) is 10.9. The summed E-state index contributed by atoms with van der Waals surface area (Å²) in [6.07, 6.45) is 1.39. The van der Waals surface area contributed by atoms with E-state index < -0.39 is 36.6 Å². The Bertz CT molecular complexity index is 853. The number of rotatable bonds is 5. The Labute approximate surface area is 151 Å². The first-order chi connectivity index (χ1) is 11.7. The van der Waals surface area contributed by atoms with Gasteiger partial charge in [-0.15, -0.1) is 0 Å². The lowest BCUT2D eigenvalue weighted by Crippen LogP contribution is -2.45. The largest absolute Gasteiger partial charge is 0.377 e. The van der Waals surface area contributed by atoms with E-state index >= 15 is 0 Å². The zero-order valence-electron chi connectivity index (χ0n) is 13.4. The van der Waals surface area contributed by atoms with Crippen LogP contribution in [0.3, 0.4) is 0 Å². The van der Waals surface area contributed by atoms with Crippen LogP contribution < -0.4 is 0 Å². The van der Waals surface area contributed by atoms with Gasteiger partial charge in [-0.25, -0.2) is 21.2 Å². The van der Waals surface area contributed by atoms with E-state index in [0.29, 0.717) is 13.0 Å². The van der Waals surface area contributed by atoms with Gasteiger partial charge in [-0.1, -0.05) is 11.6 Å². The number of hydrogen-bond donors (Lipinski definition) is 0. The lowest BCUT2D eigenvalue weighted by atomic mass is 10.2. The number of ether oxygens (including phenoxy) is 1. The van der Waals surface area contributed by atoms with Crippen molar-refractivity contribution in [1.29, 1.82) is 0 Å². The van der Waals surface area contributed by atoms with E-state index in [1.165, 1.54) is 6.07 Å². The molecule has 2 aliphatic rings. The van der Waals surface area contributed by atoms with Crippen molar-refractivity contribution in [2.75, 3.05) is 24.7 Å². The van der Waals surface area contributed by atoms with Crippen LogP contribution in [0.1, 0.15) is 19.3 Å². The molecule has 0 spiro atoms. The highest BCUT2D eigenvalue weighted by molar-refractivity contribution is 7.92. The van der Waals surface area contributed by atoms with Gasteiger partial charge in [-0.3, -0.25) is 0 Å². The fourth-order valence-electron chi connectivity index (χ4n) is 3.25. The minimum absolute atomic E-state index is 0.0184. The van der Waals surface area contributed by atoms with Crippen molar-refractivity contribution in [2.45, 2.75) is 36.3 Å². The van der Waals surface area contributed by atoms with Crippen LogP contribution in [-0.2, 0) is 24.6 Å². The smallest absolute Gasteiger partial charge is 0.246 e. The van der Waals surface area contributed by atoms with Gasteiger partial charge in [0, 0.05) is 24.2 Å². The lowest BCUT2D eigenvalue weighted by Gasteiger charge is -2.29. The second kappa shape index (κ2) is 7.11. The quantitative estimate of drug-likeness (QED) is 0.738. The molecule has 0 saturated carbocycles. The molecule has 0 aliphatic carbocycles. The minimum atomic E-state index is -4.21. The van der Waals surface area contributed by atoms with Crippen LogP contribution in [0.5, 0.6) is 0 Å². The zero-order chi connectivity index (χ0) is 18.2. The number of halogens is 2. The summed E-state index contributed by atoms with van der Waals surface area (Å²) in [5.74, 6) is -1.28. The van der Waals surface area contributed by atoms with Crippen molar-refractivity contribution in [2.24, 2.45) is 0 Å². The highest BCUT2D eigenvalue weighted by atomic mass is 35.5. The number of sulfonamides is 1. The Kier molecular flexibility index (Phi) is 5.41. The molecule has 6 nitrogen and oxygen atoms in total. The molecule has 0 unspecified atom stereocenters. The summed E-state index contributed by atoms with van der Waals surface area (Å²) in [6, 6.07) is 2.63. The molecule has 0 radical (unpaired) electrons. The standard InChI is InChI=1S/C15H19ClFNO5S2/c16-11-3-4-15(14(17)8-11)25(21,22)18(9-13-2-1-6-23-13)12-5-7-24(19,20)10-12/h3-4,8,12-13H,1-2,5-7,9-10H2/t12-,13+/m1/s1. The summed E-state index contributed by atoms with van der Waals surface area (Å²) >= 11 is 5.70. The lowest BCUT2D eigenvalue weighted by molar-refractivity contribution is 0.0876. The van der Waals surface area contributed by atoms with Crippen molar-refractivity contribution >= 4 is 31.5 Å². The van der Waals surface area contributed by atoms with Gasteiger partial charge in [-0.05, 0) is 37.5 Å². The normalized spacial score (nSPS) is 26.4. The Morgan fingerprint density at radius 1 is 1.32 bits per heavy atom. The van der Waals surface area contributed by atoms with Crippen molar-refractivity contribution in [3.8, 4) is 0 Å². The highest BCUT2D eigenvalue weighted by Gasteiger charge is 2.41. The van der Waals surface area contributed by atoms with E-state index in [0.717, 1.165) is 22.9 Å². The zero-order valence-corrected chi connectivity index (χ0v) is 15.8. The van der Waals surface area contributed by atoms with Crippen molar-refractivity contribution in [3.63, 3.8) is 0 Å². The molecule has 2 aliphatic heterocycles. The molecular weight excluding hydrogens is 393 g/mol. The molecule has 0 amide bonds. The first-order valence-corrected chi connectivity index (χ1v) is 11.6. The summed E-state index contributed by atoms with van der Waals surface area (Å²) in [7, 11) is -7.51. The molecule has 0 aromatic heterocycles. The van der Waals surface area contributed by atoms with Gasteiger partial charge in [-0.2, -0.15) is 4.31 Å². The van der Waals surface area contributed by atoms with Crippen LogP contribution in [0.15, 0.2) is 23.1 Å². The van der Waals surface area contributed by atoms with E-state index in [4.69, 9.17) is 16.3 Å². The van der Waals surface area contributed by atoms with E-state index in [2.05, 4.69) is 0 Å². The molecule has 2 atom stereocenters. The van der Waals surface area contributed by atoms with Gasteiger partial charge in [0.05, 0.1) is 17.6 Å². The molecule has 140 valence electrons. The van der Waals surface area contributed by atoms with Gasteiger partial charge >= 0.3 is 0 Å². The second-order valence-electron chi connectivity index (χ2n) is 6.34. The van der Waals surface area contributed by atoms with Crippen molar-refractivity contribution < 1.29 is 26.0 Å². The first-order valence-electron chi connectivity index (χ1n) is 7.98. The van der Waals surface area contributed by atoms with Crippen LogP contribution in [0.25, 0.3) is 0 Å². The van der Waals surface area contributed by atoms with E-state index in [1.807, 2.05) is 0 Å². The Hall–Kier alpha value is -0.740. The Balaban J connectivity index is 1.97. The van der Waals surface area contributed by atoms with Crippen molar-refractivity contribution in [3.05, 3.63) is 29.0 Å². The monoisotopic (exact) mass is 411 g/mol. The number of benzene rings is 1. The highest BCUT2D eigenvalue weighted by Crippen LogP contribution is 2.29. The molecule has 2 fully saturated rings. The Morgan fingerprint density at radius 2 is 2.08 bits per heavy atom. The Morgan fingerprint density at radius 3 is 2.64 bits per heavy atom. The van der Waals surface area contributed by atoms with E-state index in [-0.39, 0.29) is 35.6 Å². The maximum Gasteiger partial charge on any atom is 0.246 e. The van der Waals surface area contributed by atoms with Crippen molar-refractivity contribution in [1.82, 2.24) is 4.31 Å². The summed E-state index contributed by atoms with van der Waals surface area (Å²) in [5.41, 5.74) is 0. The van der Waals surface area contributed by atoms with Crippen LogP contribution >= 0.6 is 11.6 Å². The summed E-state index contributed by atoms with van der Waals surface area (Å²) < 4.78 is 70.5. The van der Waals surface area contributed by atoms with Gasteiger partial charge in [0.25, 0.3) is 0 Å². The number of hydrogen-bond acceptors (Lipinski definition) is 5. The fourth-order valence-corrected chi connectivity index (χ4v) is 6.96. The average Bonchev–Trinajstić information content (AvgIpc) is 3.13. The maximum absolute atomic E-state index is 14.2. The number of sulfone groups is 1. The summed E-state index contributed by atoms with van der Waals surface area (Å²) in [5, 5.41) is 0.0885. The first kappa shape index (κ1) is 19.0. The molecule has 3 rings (SSSR count). The molecule has 1 aromatic rings. The third-order valence-corrected chi connectivity index (χ3v) is 8.44. The molecule has 0 bridgehead atoms. The van der Waals surface area contributed by atoms with E-state index in [1.54, 1.807) is 0 Å². The van der Waals surface area contributed by atoms with Crippen LogP contribution in [0.2, 0.25) is 5.02 Å². The fraction of sp³-hybridized carbons (Fsp3) is 0.600. The van der Waals surface area contributed by atoms with Gasteiger partial charge in [0.1, 0.15) is 10.7 Å². The topological polar surface area (TPSA) is 80.8 Å². The predicted molar refractivity (Wildman–Crippen MR) is 91.3 cm³/mol. The van der Waals surface area contributed by atoms with Crippen LogP contribution in [-0.4, -0.2) is 57.9 Å². The average molecular weight is 412 g/mol. The minimum Gasteiger partial charge on any atom is -0.377 e. The SMILES string of the molecule is O=S1(=O)CC[C@@H](N(C[C@@H]2CCCO2)S(=O)(=O)c2ccc(Cl)cc2F)C1. The molecule has 25 heavy (non-hydrogen) atoms. The molecular formula is C15H19ClFNO5S2. The molecule has 2 heterocycles. The molecule has 1 aromatic carbocycles. The summed E-state index contributed by atoms with van der Waals surface area (Å²) in [6.45, 7) is 0.557. The molecule has 2 saturated heterocycles. The molecule has 0 N–H and O–H groups in total. The molecule has 10 heteroatoms. The van der Waals surface area contributed by atoms with Crippen LogP contribution in [0, 0.1) is 5.82 Å². The third-order valence-electron chi connectivity index (χ3n) is 4.50. The summed E-state index contributed by atoms with van der Waals surface area (Å²) in [4.78, 5) is -0.501. The van der Waals surface area contributed by atoms with Gasteiger partial charge in [0.2, 0.25) is 10.0 Å². The number of nitrogens with zero attached hydrogens (tertiary/aromatic N) is 1. The maximum atomic E-state index is 14.2.